The summed E-state index contributed by atoms with van der Waals surface area (Å²) in [6, 6.07) is 0. The molecule has 0 radical (unpaired) electrons. The number of carbonyl (C=O) groups is 1. The SMILES string of the molecule is Cc1nn(CCC(=O)NCc2cnn(C)c2C)cc1Br. The topological polar surface area (TPSA) is 64.7 Å². The van der Waals surface area contributed by atoms with Crippen molar-refractivity contribution in [1.82, 2.24) is 24.9 Å². The zero-order valence-electron chi connectivity index (χ0n) is 11.9. The molecular weight excluding hydrogens is 322 g/mol. The van der Waals surface area contributed by atoms with Crippen LogP contribution in [0.1, 0.15) is 23.4 Å². The molecule has 0 aromatic carbocycles. The van der Waals surface area contributed by atoms with Crippen LogP contribution in [0.3, 0.4) is 0 Å². The Morgan fingerprint density at radius 1 is 1.45 bits per heavy atom. The van der Waals surface area contributed by atoms with E-state index in [1.165, 1.54) is 0 Å². The van der Waals surface area contributed by atoms with E-state index in [0.29, 0.717) is 19.5 Å². The van der Waals surface area contributed by atoms with Crippen LogP contribution in [0.25, 0.3) is 0 Å². The van der Waals surface area contributed by atoms with Crippen LogP contribution in [-0.2, 0) is 24.9 Å². The molecule has 1 amide bonds. The molecule has 2 aromatic rings. The van der Waals surface area contributed by atoms with Gasteiger partial charge in [-0.3, -0.25) is 14.2 Å². The van der Waals surface area contributed by atoms with Gasteiger partial charge in [0.15, 0.2) is 0 Å². The monoisotopic (exact) mass is 339 g/mol. The number of aromatic nitrogens is 4. The van der Waals surface area contributed by atoms with Gasteiger partial charge in [0.25, 0.3) is 0 Å². The molecule has 0 fully saturated rings. The van der Waals surface area contributed by atoms with Crippen molar-refractivity contribution in [3.05, 3.63) is 33.8 Å². The van der Waals surface area contributed by atoms with Crippen LogP contribution >= 0.6 is 15.9 Å². The summed E-state index contributed by atoms with van der Waals surface area (Å²) in [4.78, 5) is 11.8. The molecule has 7 heteroatoms. The van der Waals surface area contributed by atoms with Crippen LogP contribution in [0, 0.1) is 13.8 Å². The van der Waals surface area contributed by atoms with Crippen molar-refractivity contribution < 1.29 is 4.79 Å². The summed E-state index contributed by atoms with van der Waals surface area (Å²) in [5.74, 6) is 0.0116. The average Bonchev–Trinajstić information content (AvgIpc) is 2.90. The number of amides is 1. The van der Waals surface area contributed by atoms with E-state index < -0.39 is 0 Å². The van der Waals surface area contributed by atoms with E-state index in [4.69, 9.17) is 0 Å². The molecule has 0 atom stereocenters. The normalized spacial score (nSPS) is 10.8. The number of carbonyl (C=O) groups excluding carboxylic acids is 1. The molecule has 2 aromatic heterocycles. The molecule has 108 valence electrons. The maximum Gasteiger partial charge on any atom is 0.222 e. The Morgan fingerprint density at radius 2 is 2.20 bits per heavy atom. The largest absolute Gasteiger partial charge is 0.352 e. The summed E-state index contributed by atoms with van der Waals surface area (Å²) in [6.07, 6.45) is 4.07. The molecule has 6 nitrogen and oxygen atoms in total. The molecule has 0 aliphatic heterocycles. The molecule has 20 heavy (non-hydrogen) atoms. The maximum atomic E-state index is 11.8. The van der Waals surface area contributed by atoms with Gasteiger partial charge < -0.3 is 5.32 Å². The van der Waals surface area contributed by atoms with Crippen molar-refractivity contribution in [3.8, 4) is 0 Å². The summed E-state index contributed by atoms with van der Waals surface area (Å²) >= 11 is 3.40. The third kappa shape index (κ3) is 3.47. The number of hydrogen-bond donors (Lipinski definition) is 1. The molecular formula is C13H18BrN5O. The van der Waals surface area contributed by atoms with Crippen LogP contribution in [0.4, 0.5) is 0 Å². The lowest BCUT2D eigenvalue weighted by Crippen LogP contribution is -2.24. The fourth-order valence-corrected chi connectivity index (χ4v) is 2.14. The maximum absolute atomic E-state index is 11.8. The second-order valence-electron chi connectivity index (χ2n) is 4.73. The fraction of sp³-hybridized carbons (Fsp3) is 0.462. The minimum atomic E-state index is 0.0116. The number of rotatable bonds is 5. The van der Waals surface area contributed by atoms with E-state index in [1.807, 2.05) is 27.1 Å². The quantitative estimate of drug-likeness (QED) is 0.901. The van der Waals surface area contributed by atoms with Crippen molar-refractivity contribution in [2.45, 2.75) is 33.4 Å². The standard InChI is InChI=1S/C13H18BrN5O/c1-9-12(14)8-19(17-9)5-4-13(20)15-6-11-7-16-18(3)10(11)2/h7-8H,4-6H2,1-3H3,(H,15,20). The van der Waals surface area contributed by atoms with Crippen molar-refractivity contribution in [2.24, 2.45) is 7.05 Å². The molecule has 0 saturated heterocycles. The third-order valence-electron chi connectivity index (χ3n) is 3.27. The highest BCUT2D eigenvalue weighted by Crippen LogP contribution is 2.13. The molecule has 0 aliphatic rings. The van der Waals surface area contributed by atoms with Crippen LogP contribution in [-0.4, -0.2) is 25.5 Å². The van der Waals surface area contributed by atoms with Crippen LogP contribution < -0.4 is 5.32 Å². The lowest BCUT2D eigenvalue weighted by atomic mass is 10.2. The van der Waals surface area contributed by atoms with Gasteiger partial charge in [0.1, 0.15) is 0 Å². The van der Waals surface area contributed by atoms with Gasteiger partial charge in [-0.2, -0.15) is 10.2 Å². The molecule has 1 N–H and O–H groups in total. The summed E-state index contributed by atoms with van der Waals surface area (Å²) < 4.78 is 4.53. The number of nitrogens with one attached hydrogen (secondary N) is 1. The highest BCUT2D eigenvalue weighted by molar-refractivity contribution is 9.10. The van der Waals surface area contributed by atoms with E-state index in [1.54, 1.807) is 15.6 Å². The first-order chi connectivity index (χ1) is 9.47. The van der Waals surface area contributed by atoms with Crippen molar-refractivity contribution >= 4 is 21.8 Å². The highest BCUT2D eigenvalue weighted by atomic mass is 79.9. The third-order valence-corrected chi connectivity index (χ3v) is 4.05. The van der Waals surface area contributed by atoms with Gasteiger partial charge >= 0.3 is 0 Å². The van der Waals surface area contributed by atoms with Crippen molar-refractivity contribution in [3.63, 3.8) is 0 Å². The molecule has 2 rings (SSSR count). The fourth-order valence-electron chi connectivity index (χ4n) is 1.82. The van der Waals surface area contributed by atoms with Crippen molar-refractivity contribution in [2.75, 3.05) is 0 Å². The van der Waals surface area contributed by atoms with Gasteiger partial charge in [-0.1, -0.05) is 0 Å². The predicted molar refractivity (Wildman–Crippen MR) is 79.1 cm³/mol. The summed E-state index contributed by atoms with van der Waals surface area (Å²) in [7, 11) is 1.89. The summed E-state index contributed by atoms with van der Waals surface area (Å²) in [5.41, 5.74) is 3.03. The van der Waals surface area contributed by atoms with Crippen LogP contribution in [0.2, 0.25) is 0 Å². The highest BCUT2D eigenvalue weighted by Gasteiger charge is 2.07. The molecule has 2 heterocycles. The van der Waals surface area contributed by atoms with Crippen LogP contribution in [0.15, 0.2) is 16.9 Å². The van der Waals surface area contributed by atoms with Gasteiger partial charge in [0.2, 0.25) is 5.91 Å². The van der Waals surface area contributed by atoms with Gasteiger partial charge in [-0.25, -0.2) is 0 Å². The Morgan fingerprint density at radius 3 is 2.75 bits per heavy atom. The average molecular weight is 340 g/mol. The minimum Gasteiger partial charge on any atom is -0.352 e. The lowest BCUT2D eigenvalue weighted by Gasteiger charge is -2.05. The Hall–Kier alpha value is -1.63. The Balaban J connectivity index is 1.80. The van der Waals surface area contributed by atoms with E-state index in [9.17, 15) is 4.79 Å². The first-order valence-corrected chi connectivity index (χ1v) is 7.20. The van der Waals surface area contributed by atoms with E-state index >= 15 is 0 Å². The molecule has 0 spiro atoms. The summed E-state index contributed by atoms with van der Waals surface area (Å²) in [6.45, 7) is 5.00. The van der Waals surface area contributed by atoms with Gasteiger partial charge in [-0.15, -0.1) is 0 Å². The molecule has 0 aliphatic carbocycles. The van der Waals surface area contributed by atoms with Gasteiger partial charge in [0, 0.05) is 44.0 Å². The minimum absolute atomic E-state index is 0.0116. The first-order valence-electron chi connectivity index (χ1n) is 6.41. The Labute approximate surface area is 126 Å². The van der Waals surface area contributed by atoms with Gasteiger partial charge in [0.05, 0.1) is 16.4 Å². The first kappa shape index (κ1) is 14.8. The van der Waals surface area contributed by atoms with E-state index in [-0.39, 0.29) is 5.91 Å². The van der Waals surface area contributed by atoms with E-state index in [0.717, 1.165) is 21.4 Å². The molecule has 0 bridgehead atoms. The Kier molecular flexibility index (Phi) is 4.59. The second-order valence-corrected chi connectivity index (χ2v) is 5.59. The van der Waals surface area contributed by atoms with Crippen LogP contribution in [0.5, 0.6) is 0 Å². The smallest absolute Gasteiger partial charge is 0.222 e. The zero-order chi connectivity index (χ0) is 14.7. The summed E-state index contributed by atoms with van der Waals surface area (Å²) in [5, 5.41) is 11.3. The van der Waals surface area contributed by atoms with Crippen molar-refractivity contribution in [1.29, 1.82) is 0 Å². The van der Waals surface area contributed by atoms with Gasteiger partial charge in [-0.05, 0) is 29.8 Å². The second kappa shape index (κ2) is 6.21. The predicted octanol–water partition coefficient (Wildman–Crippen LogP) is 1.70. The number of nitrogens with zero attached hydrogens (tertiary/aromatic N) is 4. The lowest BCUT2D eigenvalue weighted by molar-refractivity contribution is -0.121. The number of hydrogen-bond acceptors (Lipinski definition) is 3. The number of halogens is 1. The Bertz CT molecular complexity index is 597. The molecule has 0 saturated carbocycles. The van der Waals surface area contributed by atoms with E-state index in [2.05, 4.69) is 31.4 Å². The number of aryl methyl sites for hydroxylation is 3. The zero-order valence-corrected chi connectivity index (χ0v) is 13.4. The molecule has 0 unspecified atom stereocenters.